The lowest BCUT2D eigenvalue weighted by atomic mass is 10.1. The van der Waals surface area contributed by atoms with Crippen LogP contribution in [0.2, 0.25) is 0 Å². The van der Waals surface area contributed by atoms with E-state index in [4.69, 9.17) is 5.11 Å². The Bertz CT molecular complexity index is 365. The number of unbranched alkanes of at least 4 members (excludes halogenated alkanes) is 5. The molecule has 0 saturated carbocycles. The molecule has 0 aliphatic heterocycles. The van der Waals surface area contributed by atoms with Crippen LogP contribution in [0, 0.1) is 0 Å². The van der Waals surface area contributed by atoms with Gasteiger partial charge in [0.2, 0.25) is 0 Å². The van der Waals surface area contributed by atoms with Crippen molar-refractivity contribution in [3.05, 3.63) is 36.5 Å². The quantitative estimate of drug-likeness (QED) is 0.229. The third-order valence-electron chi connectivity index (χ3n) is 3.01. The molecular weight excluding hydrogens is 264 g/mol. The summed E-state index contributed by atoms with van der Waals surface area (Å²) >= 11 is 0. The van der Waals surface area contributed by atoms with E-state index in [1.807, 2.05) is 25.2 Å². The van der Waals surface area contributed by atoms with Gasteiger partial charge in [-0.3, -0.25) is 9.59 Å². The average molecular weight is 292 g/mol. The van der Waals surface area contributed by atoms with Gasteiger partial charge in [0.15, 0.2) is 5.78 Å². The van der Waals surface area contributed by atoms with Gasteiger partial charge in [0.05, 0.1) is 0 Å². The Hall–Kier alpha value is -1.64. The van der Waals surface area contributed by atoms with E-state index in [0.717, 1.165) is 44.9 Å². The minimum Gasteiger partial charge on any atom is -0.481 e. The van der Waals surface area contributed by atoms with Crippen molar-refractivity contribution < 1.29 is 14.7 Å². The number of carboxylic acid groups (broad SMARTS) is 1. The van der Waals surface area contributed by atoms with E-state index in [-0.39, 0.29) is 12.2 Å². The topological polar surface area (TPSA) is 54.4 Å². The molecule has 0 heterocycles. The van der Waals surface area contributed by atoms with Crippen LogP contribution in [0.25, 0.3) is 0 Å². The van der Waals surface area contributed by atoms with Crippen LogP contribution in [0.15, 0.2) is 36.5 Å². The summed E-state index contributed by atoms with van der Waals surface area (Å²) in [7, 11) is 0. The summed E-state index contributed by atoms with van der Waals surface area (Å²) in [6, 6.07) is 0. The molecule has 0 rings (SSSR count). The van der Waals surface area contributed by atoms with Crippen molar-refractivity contribution in [1.29, 1.82) is 0 Å². The average Bonchev–Trinajstić information content (AvgIpc) is 2.44. The third-order valence-corrected chi connectivity index (χ3v) is 3.01. The number of carbonyl (C=O) groups is 2. The van der Waals surface area contributed by atoms with Gasteiger partial charge in [0.1, 0.15) is 0 Å². The highest BCUT2D eigenvalue weighted by atomic mass is 16.4. The Labute approximate surface area is 128 Å². The number of carboxylic acids is 1. The lowest BCUT2D eigenvalue weighted by Crippen LogP contribution is -1.93. The van der Waals surface area contributed by atoms with Crippen molar-refractivity contribution in [2.24, 2.45) is 0 Å². The second kappa shape index (κ2) is 14.8. The van der Waals surface area contributed by atoms with Crippen molar-refractivity contribution in [2.45, 2.75) is 64.7 Å². The van der Waals surface area contributed by atoms with Gasteiger partial charge in [-0.05, 0) is 31.8 Å². The molecule has 0 atom stereocenters. The number of hydrogen-bond acceptors (Lipinski definition) is 2. The molecule has 0 aromatic rings. The summed E-state index contributed by atoms with van der Waals surface area (Å²) in [5.41, 5.74) is 0. The summed E-state index contributed by atoms with van der Waals surface area (Å²) in [5.74, 6) is -0.577. The molecule has 0 aliphatic rings. The Morgan fingerprint density at radius 2 is 1.62 bits per heavy atom. The molecule has 3 nitrogen and oxygen atoms in total. The van der Waals surface area contributed by atoms with Gasteiger partial charge in [0.25, 0.3) is 0 Å². The molecule has 0 fully saturated rings. The van der Waals surface area contributed by atoms with Crippen molar-refractivity contribution in [3.63, 3.8) is 0 Å². The van der Waals surface area contributed by atoms with Crippen molar-refractivity contribution >= 4 is 11.8 Å². The molecule has 0 aromatic heterocycles. The highest BCUT2D eigenvalue weighted by Gasteiger charge is 1.95. The molecule has 21 heavy (non-hydrogen) atoms. The van der Waals surface area contributed by atoms with E-state index in [0.29, 0.717) is 6.42 Å². The Kier molecular flexibility index (Phi) is 13.6. The van der Waals surface area contributed by atoms with Crippen LogP contribution in [0.5, 0.6) is 0 Å². The van der Waals surface area contributed by atoms with Gasteiger partial charge in [-0.15, -0.1) is 0 Å². The number of rotatable bonds is 13. The van der Waals surface area contributed by atoms with Gasteiger partial charge in [-0.25, -0.2) is 0 Å². The molecule has 0 aromatic carbocycles. The van der Waals surface area contributed by atoms with E-state index in [1.165, 1.54) is 0 Å². The van der Waals surface area contributed by atoms with Crippen LogP contribution in [0.1, 0.15) is 64.7 Å². The van der Waals surface area contributed by atoms with Crippen LogP contribution in [0.3, 0.4) is 0 Å². The SMILES string of the molecule is CC/C=C\CC(=O)/C=C/C=C/CCCCCCCC(=O)O. The fraction of sp³-hybridized carbons (Fsp3) is 0.556. The number of hydrogen-bond donors (Lipinski definition) is 1. The van der Waals surface area contributed by atoms with E-state index in [1.54, 1.807) is 12.2 Å². The first kappa shape index (κ1) is 19.4. The van der Waals surface area contributed by atoms with Crippen LogP contribution in [-0.2, 0) is 9.59 Å². The second-order valence-electron chi connectivity index (χ2n) is 5.04. The molecule has 3 heteroatoms. The standard InChI is InChI=1S/C18H28O3/c1-2-3-11-14-17(19)15-12-9-7-5-4-6-8-10-13-16-18(20)21/h3,7,9,11-12,15H,2,4-6,8,10,13-14,16H2,1H3,(H,20,21)/b9-7+,11-3-,15-12+. The fourth-order valence-corrected chi connectivity index (χ4v) is 1.84. The molecule has 0 spiro atoms. The predicted molar refractivity (Wildman–Crippen MR) is 87.3 cm³/mol. The zero-order chi connectivity index (χ0) is 15.8. The van der Waals surface area contributed by atoms with Crippen molar-refractivity contribution in [2.75, 3.05) is 0 Å². The first-order chi connectivity index (χ1) is 10.2. The fourth-order valence-electron chi connectivity index (χ4n) is 1.84. The van der Waals surface area contributed by atoms with E-state index < -0.39 is 5.97 Å². The number of carbonyl (C=O) groups excluding carboxylic acids is 1. The first-order valence-corrected chi connectivity index (χ1v) is 7.89. The van der Waals surface area contributed by atoms with Gasteiger partial charge < -0.3 is 5.11 Å². The molecule has 0 bridgehead atoms. The highest BCUT2D eigenvalue weighted by molar-refractivity contribution is 5.90. The Balaban J connectivity index is 3.45. The van der Waals surface area contributed by atoms with Crippen LogP contribution < -0.4 is 0 Å². The molecule has 0 aliphatic carbocycles. The van der Waals surface area contributed by atoms with Crippen LogP contribution in [0.4, 0.5) is 0 Å². The largest absolute Gasteiger partial charge is 0.481 e. The van der Waals surface area contributed by atoms with Gasteiger partial charge in [-0.2, -0.15) is 0 Å². The number of allylic oxidation sites excluding steroid dienone is 6. The molecule has 1 N–H and O–H groups in total. The summed E-state index contributed by atoms with van der Waals surface area (Å²) in [6.07, 6.45) is 19.2. The highest BCUT2D eigenvalue weighted by Crippen LogP contribution is 2.07. The monoisotopic (exact) mass is 292 g/mol. The Morgan fingerprint density at radius 1 is 0.905 bits per heavy atom. The molecule has 0 saturated heterocycles. The molecular formula is C18H28O3. The molecule has 0 unspecified atom stereocenters. The predicted octanol–water partition coefficient (Wildman–Crippen LogP) is 4.84. The van der Waals surface area contributed by atoms with Gasteiger partial charge in [-0.1, -0.05) is 56.6 Å². The number of aliphatic carboxylic acids is 1. The van der Waals surface area contributed by atoms with E-state index in [9.17, 15) is 9.59 Å². The summed E-state index contributed by atoms with van der Waals surface area (Å²) < 4.78 is 0. The van der Waals surface area contributed by atoms with E-state index in [2.05, 4.69) is 6.08 Å². The zero-order valence-electron chi connectivity index (χ0n) is 13.1. The maximum atomic E-state index is 11.4. The third kappa shape index (κ3) is 16.3. The van der Waals surface area contributed by atoms with Crippen LogP contribution in [-0.4, -0.2) is 16.9 Å². The minimum absolute atomic E-state index is 0.128. The lowest BCUT2D eigenvalue weighted by molar-refractivity contribution is -0.137. The van der Waals surface area contributed by atoms with Crippen molar-refractivity contribution in [1.82, 2.24) is 0 Å². The zero-order valence-corrected chi connectivity index (χ0v) is 13.1. The van der Waals surface area contributed by atoms with Crippen molar-refractivity contribution in [3.8, 4) is 0 Å². The summed E-state index contributed by atoms with van der Waals surface area (Å²) in [6.45, 7) is 2.05. The Morgan fingerprint density at radius 3 is 2.33 bits per heavy atom. The maximum absolute atomic E-state index is 11.4. The van der Waals surface area contributed by atoms with Gasteiger partial charge >= 0.3 is 5.97 Å². The molecule has 118 valence electrons. The lowest BCUT2D eigenvalue weighted by Gasteiger charge is -1.97. The molecule has 0 amide bonds. The molecule has 0 radical (unpaired) electrons. The summed E-state index contributed by atoms with van der Waals surface area (Å²) in [4.78, 5) is 21.7. The minimum atomic E-state index is -0.704. The van der Waals surface area contributed by atoms with Gasteiger partial charge in [0, 0.05) is 12.8 Å². The summed E-state index contributed by atoms with van der Waals surface area (Å²) in [5, 5.41) is 8.49. The normalized spacial score (nSPS) is 11.9. The van der Waals surface area contributed by atoms with Crippen LogP contribution >= 0.6 is 0 Å². The first-order valence-electron chi connectivity index (χ1n) is 7.89. The number of ketones is 1. The smallest absolute Gasteiger partial charge is 0.303 e. The second-order valence-corrected chi connectivity index (χ2v) is 5.04. The maximum Gasteiger partial charge on any atom is 0.303 e. The van der Waals surface area contributed by atoms with E-state index >= 15 is 0 Å².